The van der Waals surface area contributed by atoms with E-state index in [4.69, 9.17) is 9.47 Å². The second-order valence-corrected chi connectivity index (χ2v) is 9.83. The highest BCUT2D eigenvalue weighted by molar-refractivity contribution is 7.86. The summed E-state index contributed by atoms with van der Waals surface area (Å²) in [6.45, 7) is 3.18. The number of hydrogen-bond acceptors (Lipinski definition) is 9. The van der Waals surface area contributed by atoms with Crippen molar-refractivity contribution in [3.8, 4) is 0 Å². The van der Waals surface area contributed by atoms with Crippen LogP contribution in [0.3, 0.4) is 0 Å². The van der Waals surface area contributed by atoms with Crippen molar-refractivity contribution >= 4 is 28.0 Å². The van der Waals surface area contributed by atoms with E-state index in [9.17, 15) is 36.1 Å². The molecule has 6 atom stereocenters. The maximum Gasteiger partial charge on any atom is 0.367 e. The third-order valence-electron chi connectivity index (χ3n) is 6.25. The zero-order valence-electron chi connectivity index (χ0n) is 15.9. The van der Waals surface area contributed by atoms with Gasteiger partial charge in [0.15, 0.2) is 16.7 Å². The average molecular weight is 439 g/mol. The molecule has 0 aromatic rings. The molecule has 0 amide bonds. The molecule has 6 unspecified atom stereocenters. The molecule has 3 fully saturated rings. The van der Waals surface area contributed by atoms with Gasteiger partial charge in [-0.25, -0.2) is 8.42 Å². The van der Waals surface area contributed by atoms with Crippen LogP contribution in [-0.2, 0) is 38.7 Å². The minimum absolute atomic E-state index is 0.293. The van der Waals surface area contributed by atoms with Crippen LogP contribution in [-0.4, -0.2) is 54.9 Å². The van der Waals surface area contributed by atoms with E-state index in [1.54, 1.807) is 20.8 Å². The second-order valence-electron chi connectivity index (χ2n) is 8.32. The molecule has 3 aliphatic rings. The highest BCUT2D eigenvalue weighted by atomic mass is 32.2. The lowest BCUT2D eigenvalue weighted by atomic mass is 9.78. The number of alkyl halides is 2. The van der Waals surface area contributed by atoms with E-state index in [2.05, 4.69) is 4.74 Å². The van der Waals surface area contributed by atoms with Gasteiger partial charge in [0, 0.05) is 11.8 Å². The standard InChI is InChI=1S/C17H22F2O9S/c1-4-16(2,3)15(22)28-12-7-5-8-10(14(21)27-11(8)12)9(7)13(20)26-6-17(18,19)29(23,24)25/h7-12H,4-6H2,1-3H3,(H,23,24,25)/p-1. The molecule has 1 aliphatic heterocycles. The van der Waals surface area contributed by atoms with Crippen LogP contribution in [0, 0.1) is 29.1 Å². The minimum atomic E-state index is -6.02. The first-order valence-corrected chi connectivity index (χ1v) is 10.5. The molecule has 1 saturated heterocycles. The van der Waals surface area contributed by atoms with Crippen LogP contribution in [0.15, 0.2) is 0 Å². The summed E-state index contributed by atoms with van der Waals surface area (Å²) >= 11 is 0. The Hall–Kier alpha value is -1.82. The van der Waals surface area contributed by atoms with Crippen LogP contribution >= 0.6 is 0 Å². The topological polar surface area (TPSA) is 136 Å². The van der Waals surface area contributed by atoms with Gasteiger partial charge >= 0.3 is 23.2 Å². The van der Waals surface area contributed by atoms with Crippen LogP contribution in [0.4, 0.5) is 8.78 Å². The quantitative estimate of drug-likeness (QED) is 0.321. The fourth-order valence-electron chi connectivity index (χ4n) is 4.22. The smallest absolute Gasteiger partial charge is 0.367 e. The van der Waals surface area contributed by atoms with Gasteiger partial charge in [-0.05, 0) is 26.7 Å². The van der Waals surface area contributed by atoms with Crippen molar-refractivity contribution in [2.24, 2.45) is 29.1 Å². The minimum Gasteiger partial charge on any atom is -0.743 e. The van der Waals surface area contributed by atoms with Gasteiger partial charge in [-0.1, -0.05) is 6.92 Å². The van der Waals surface area contributed by atoms with Gasteiger partial charge in [0.1, 0.15) is 12.2 Å². The lowest BCUT2D eigenvalue weighted by molar-refractivity contribution is -0.174. The number of carbonyl (C=O) groups is 3. The molecule has 3 rings (SSSR count). The molecule has 164 valence electrons. The van der Waals surface area contributed by atoms with Crippen molar-refractivity contribution in [1.82, 2.24) is 0 Å². The Morgan fingerprint density at radius 2 is 1.90 bits per heavy atom. The zero-order valence-corrected chi connectivity index (χ0v) is 16.7. The first-order chi connectivity index (χ1) is 13.2. The normalized spacial score (nSPS) is 33.5. The Morgan fingerprint density at radius 3 is 2.45 bits per heavy atom. The van der Waals surface area contributed by atoms with Gasteiger partial charge in [0.2, 0.25) is 0 Å². The van der Waals surface area contributed by atoms with Crippen LogP contribution in [0.1, 0.15) is 33.6 Å². The SMILES string of the molecule is CCC(C)(C)C(=O)OC1C2CC3C1OC(=O)C3C2C(=O)OCC(F)(F)S(=O)(=O)[O-]. The number of carbonyl (C=O) groups excluding carboxylic acids is 3. The molecule has 0 N–H and O–H groups in total. The summed E-state index contributed by atoms with van der Waals surface area (Å²) in [7, 11) is -6.02. The van der Waals surface area contributed by atoms with E-state index in [1.165, 1.54) is 0 Å². The Morgan fingerprint density at radius 1 is 1.28 bits per heavy atom. The fraction of sp³-hybridized carbons (Fsp3) is 0.824. The van der Waals surface area contributed by atoms with Crippen LogP contribution in [0.5, 0.6) is 0 Å². The second kappa shape index (κ2) is 6.86. The lowest BCUT2D eigenvalue weighted by Crippen LogP contribution is -2.46. The van der Waals surface area contributed by atoms with E-state index < -0.39 is 81.2 Å². The molecule has 0 spiro atoms. The van der Waals surface area contributed by atoms with Gasteiger partial charge in [-0.15, -0.1) is 0 Å². The lowest BCUT2D eigenvalue weighted by Gasteiger charge is -2.32. The Labute approximate surface area is 165 Å². The number of rotatable bonds is 7. The zero-order chi connectivity index (χ0) is 21.9. The molecule has 1 heterocycles. The number of hydrogen-bond donors (Lipinski definition) is 0. The molecule has 12 heteroatoms. The van der Waals surface area contributed by atoms with Gasteiger partial charge in [-0.3, -0.25) is 14.4 Å². The van der Waals surface area contributed by atoms with Crippen LogP contribution < -0.4 is 0 Å². The van der Waals surface area contributed by atoms with E-state index in [0.29, 0.717) is 12.8 Å². The first-order valence-electron chi connectivity index (χ1n) is 9.12. The summed E-state index contributed by atoms with van der Waals surface area (Å²) in [5, 5.41) is -4.80. The van der Waals surface area contributed by atoms with Crippen molar-refractivity contribution in [2.75, 3.05) is 6.61 Å². The van der Waals surface area contributed by atoms with Crippen molar-refractivity contribution in [1.29, 1.82) is 0 Å². The molecule has 9 nitrogen and oxygen atoms in total. The van der Waals surface area contributed by atoms with Crippen molar-refractivity contribution < 1.29 is 50.3 Å². The predicted octanol–water partition coefficient (Wildman–Crippen LogP) is 0.823. The fourth-order valence-corrected chi connectivity index (χ4v) is 4.42. The summed E-state index contributed by atoms with van der Waals surface area (Å²) < 4.78 is 73.5. The van der Waals surface area contributed by atoms with Gasteiger partial charge in [0.25, 0.3) is 0 Å². The Bertz CT molecular complexity index is 838. The molecule has 0 aromatic heterocycles. The molecule has 0 radical (unpaired) electrons. The Balaban J connectivity index is 1.77. The van der Waals surface area contributed by atoms with E-state index in [-0.39, 0.29) is 0 Å². The summed E-state index contributed by atoms with van der Waals surface area (Å²) in [5.41, 5.74) is -0.815. The van der Waals surface area contributed by atoms with E-state index in [0.717, 1.165) is 0 Å². The molecule has 29 heavy (non-hydrogen) atoms. The van der Waals surface area contributed by atoms with Crippen LogP contribution in [0.2, 0.25) is 0 Å². The molecular weight excluding hydrogens is 418 g/mol. The molecule has 0 aromatic carbocycles. The molecule has 2 aliphatic carbocycles. The number of halogens is 2. The highest BCUT2D eigenvalue weighted by Gasteiger charge is 2.70. The number of ether oxygens (including phenoxy) is 3. The van der Waals surface area contributed by atoms with Crippen LogP contribution in [0.25, 0.3) is 0 Å². The van der Waals surface area contributed by atoms with E-state index >= 15 is 0 Å². The van der Waals surface area contributed by atoms with Gasteiger partial charge in [-0.2, -0.15) is 8.78 Å². The number of fused-ring (bicyclic) bond motifs is 1. The average Bonchev–Trinajstić information content (AvgIpc) is 3.22. The third kappa shape index (κ3) is 3.49. The van der Waals surface area contributed by atoms with Crippen molar-refractivity contribution in [3.63, 3.8) is 0 Å². The monoisotopic (exact) mass is 439 g/mol. The Kier molecular flexibility index (Phi) is 5.18. The van der Waals surface area contributed by atoms with Crippen molar-refractivity contribution in [3.05, 3.63) is 0 Å². The highest BCUT2D eigenvalue weighted by Crippen LogP contribution is 2.59. The first kappa shape index (κ1) is 21.9. The van der Waals surface area contributed by atoms with Crippen molar-refractivity contribution in [2.45, 2.75) is 51.1 Å². The summed E-state index contributed by atoms with van der Waals surface area (Å²) in [4.78, 5) is 37.1. The maximum atomic E-state index is 13.3. The summed E-state index contributed by atoms with van der Waals surface area (Å²) in [6, 6.07) is 0. The molecular formula is C17H21F2O9S-. The predicted molar refractivity (Wildman–Crippen MR) is 88.0 cm³/mol. The summed E-state index contributed by atoms with van der Waals surface area (Å²) in [5.74, 6) is -5.81. The summed E-state index contributed by atoms with van der Waals surface area (Å²) in [6.07, 6.45) is -0.880. The molecule has 2 saturated carbocycles. The van der Waals surface area contributed by atoms with Gasteiger partial charge < -0.3 is 18.8 Å². The van der Waals surface area contributed by atoms with E-state index in [1.807, 2.05) is 0 Å². The van der Waals surface area contributed by atoms with Gasteiger partial charge in [0.05, 0.1) is 17.3 Å². The maximum absolute atomic E-state index is 13.3. The largest absolute Gasteiger partial charge is 0.743 e. The molecule has 2 bridgehead atoms. The number of esters is 3. The third-order valence-corrected chi connectivity index (χ3v) is 7.10.